The van der Waals surface area contributed by atoms with Crippen LogP contribution in [0.15, 0.2) is 122 Å². The monoisotopic (exact) mass is 828 g/mol. The van der Waals surface area contributed by atoms with Crippen molar-refractivity contribution in [2.75, 3.05) is 36.4 Å². The number of nitrogens with zero attached hydrogens (tertiary/aromatic N) is 5. The number of esters is 1. The second-order valence-corrected chi connectivity index (χ2v) is 17.1. The highest BCUT2D eigenvalue weighted by atomic mass is 16.6. The molecule has 1 spiro atoms. The predicted molar refractivity (Wildman–Crippen MR) is 232 cm³/mol. The molecule has 4 aromatic carbocycles. The number of amides is 2. The van der Waals surface area contributed by atoms with E-state index in [1.165, 1.54) is 0 Å². The summed E-state index contributed by atoms with van der Waals surface area (Å²) in [6, 6.07) is 30.6. The van der Waals surface area contributed by atoms with Crippen LogP contribution >= 0.6 is 0 Å². The van der Waals surface area contributed by atoms with Gasteiger partial charge in [-0.05, 0) is 84.3 Å². The summed E-state index contributed by atoms with van der Waals surface area (Å²) in [5.41, 5.74) is 1.08. The summed E-state index contributed by atoms with van der Waals surface area (Å²) in [6.45, 7) is 1.51. The van der Waals surface area contributed by atoms with Gasteiger partial charge in [0.15, 0.2) is 0 Å². The van der Waals surface area contributed by atoms with Crippen LogP contribution in [0.5, 0.6) is 5.75 Å². The summed E-state index contributed by atoms with van der Waals surface area (Å²) < 4.78 is 6.58. The molecule has 5 heterocycles. The number of aliphatic hydroxyl groups is 1. The molecule has 1 aliphatic carbocycles. The molecule has 2 amide bonds. The van der Waals surface area contributed by atoms with E-state index in [0.717, 1.165) is 36.8 Å². The van der Waals surface area contributed by atoms with Crippen molar-refractivity contribution >= 4 is 29.4 Å². The molecule has 3 saturated heterocycles. The first-order valence-electron chi connectivity index (χ1n) is 21.6. The molecule has 1 aromatic heterocycles. The van der Waals surface area contributed by atoms with Crippen LogP contribution in [0.2, 0.25) is 0 Å². The van der Waals surface area contributed by atoms with E-state index >= 15 is 14.4 Å². The van der Waals surface area contributed by atoms with E-state index in [1.807, 2.05) is 83.8 Å². The number of fused-ring (bicyclic) bond motifs is 3. The van der Waals surface area contributed by atoms with Gasteiger partial charge in [-0.15, -0.1) is 0 Å². The number of ether oxygens (including phenoxy) is 1. The first-order valence-corrected chi connectivity index (χ1v) is 21.6. The Morgan fingerprint density at radius 3 is 2.10 bits per heavy atom. The lowest BCUT2D eigenvalue weighted by molar-refractivity contribution is -0.179. The molecule has 0 unspecified atom stereocenters. The molecule has 12 heteroatoms. The highest BCUT2D eigenvalue weighted by Gasteiger charge is 2.74. The molecule has 3 N–H and O–H groups in total. The van der Waals surface area contributed by atoms with Gasteiger partial charge in [0, 0.05) is 49.8 Å². The minimum absolute atomic E-state index is 0.0374. The Bertz CT molecular complexity index is 2530. The van der Waals surface area contributed by atoms with E-state index in [2.05, 4.69) is 32.0 Å². The third-order valence-corrected chi connectivity index (χ3v) is 13.6. The van der Waals surface area contributed by atoms with Crippen molar-refractivity contribution in [3.8, 4) is 17.6 Å². The molecule has 4 fully saturated rings. The normalized spacial score (nSPS) is 26.7. The summed E-state index contributed by atoms with van der Waals surface area (Å²) in [5.74, 6) is 4.44. The lowest BCUT2D eigenvalue weighted by Gasteiger charge is -2.46. The SMILES string of the molecule is O=C1O[C@@H](c2ccccc2)[C@@H](c2ccccc2)N2[C@@H](c3ccc(O)cc3)[C@]3(C(=O)Nc4ccc(C#CC5(O)CCCCCC5)cc43)[C@@H](C(=O)N3CCN(c4ncccn4)CC3)[C@H]12. The molecule has 4 aliphatic heterocycles. The van der Waals surface area contributed by atoms with Crippen molar-refractivity contribution in [1.29, 1.82) is 0 Å². The second-order valence-electron chi connectivity index (χ2n) is 17.1. The Morgan fingerprint density at radius 2 is 1.42 bits per heavy atom. The van der Waals surface area contributed by atoms with E-state index in [1.54, 1.807) is 47.6 Å². The van der Waals surface area contributed by atoms with Crippen LogP contribution in [-0.4, -0.2) is 85.6 Å². The van der Waals surface area contributed by atoms with Gasteiger partial charge in [0.25, 0.3) is 0 Å². The predicted octanol–water partition coefficient (Wildman–Crippen LogP) is 6.24. The zero-order chi connectivity index (χ0) is 42.4. The maximum absolute atomic E-state index is 15.8. The third kappa shape index (κ3) is 6.76. The zero-order valence-electron chi connectivity index (χ0n) is 34.3. The largest absolute Gasteiger partial charge is 0.508 e. The van der Waals surface area contributed by atoms with Crippen LogP contribution in [0, 0.1) is 17.8 Å². The molecule has 10 rings (SSSR count). The van der Waals surface area contributed by atoms with Gasteiger partial charge < -0.3 is 30.1 Å². The Labute approximate surface area is 360 Å². The average Bonchev–Trinajstić information content (AvgIpc) is 3.67. The van der Waals surface area contributed by atoms with E-state index in [-0.39, 0.29) is 11.7 Å². The number of aromatic hydroxyl groups is 1. The minimum atomic E-state index is -1.69. The highest BCUT2D eigenvalue weighted by molar-refractivity contribution is 6.12. The van der Waals surface area contributed by atoms with Crippen molar-refractivity contribution in [3.63, 3.8) is 0 Å². The number of benzene rings is 4. The van der Waals surface area contributed by atoms with Crippen LogP contribution < -0.4 is 10.2 Å². The van der Waals surface area contributed by atoms with E-state index in [4.69, 9.17) is 4.74 Å². The highest BCUT2D eigenvalue weighted by Crippen LogP contribution is 2.65. The molecule has 5 aliphatic rings. The number of phenolic OH excluding ortho intramolecular Hbond substituents is 1. The van der Waals surface area contributed by atoms with Gasteiger partial charge in [0.2, 0.25) is 17.8 Å². The smallest absolute Gasteiger partial charge is 0.324 e. The number of carbonyl (C=O) groups is 3. The molecular weight excluding hydrogens is 781 g/mol. The quantitative estimate of drug-likeness (QED) is 0.106. The van der Waals surface area contributed by atoms with Crippen molar-refractivity contribution in [1.82, 2.24) is 19.8 Å². The molecule has 0 bridgehead atoms. The fourth-order valence-corrected chi connectivity index (χ4v) is 10.7. The van der Waals surface area contributed by atoms with Crippen LogP contribution in [0.4, 0.5) is 11.6 Å². The first kappa shape index (κ1) is 39.6. The van der Waals surface area contributed by atoms with Gasteiger partial charge in [0.1, 0.15) is 28.9 Å². The fourth-order valence-electron chi connectivity index (χ4n) is 10.7. The van der Waals surface area contributed by atoms with Gasteiger partial charge in [-0.2, -0.15) is 0 Å². The number of piperazine rings is 1. The number of phenols is 1. The number of aromatic nitrogens is 2. The van der Waals surface area contributed by atoms with Crippen molar-refractivity contribution in [3.05, 3.63) is 149 Å². The molecule has 314 valence electrons. The number of morpholine rings is 1. The molecular formula is C50H48N6O6. The summed E-state index contributed by atoms with van der Waals surface area (Å²) in [7, 11) is 0. The van der Waals surface area contributed by atoms with Gasteiger partial charge in [-0.25, -0.2) is 9.97 Å². The molecule has 1 saturated carbocycles. The number of rotatable bonds is 5. The van der Waals surface area contributed by atoms with E-state index in [9.17, 15) is 10.2 Å². The second kappa shape index (κ2) is 16.0. The fraction of sp³-hybridized carbons (Fsp3) is 0.340. The lowest BCUT2D eigenvalue weighted by Crippen LogP contribution is -2.58. The third-order valence-electron chi connectivity index (χ3n) is 13.6. The van der Waals surface area contributed by atoms with Crippen molar-refractivity contribution in [2.45, 2.75) is 73.8 Å². The average molecular weight is 829 g/mol. The number of nitrogens with one attached hydrogen (secondary N) is 1. The topological polar surface area (TPSA) is 148 Å². The summed E-state index contributed by atoms with van der Waals surface area (Å²) in [4.78, 5) is 61.3. The molecule has 0 radical (unpaired) electrons. The Balaban J connectivity index is 1.18. The lowest BCUT2D eigenvalue weighted by atomic mass is 9.65. The summed E-state index contributed by atoms with van der Waals surface area (Å²) >= 11 is 0. The van der Waals surface area contributed by atoms with Crippen LogP contribution in [0.3, 0.4) is 0 Å². The number of anilines is 2. The first-order chi connectivity index (χ1) is 30.2. The minimum Gasteiger partial charge on any atom is -0.508 e. The Kier molecular flexibility index (Phi) is 10.2. The Morgan fingerprint density at radius 1 is 0.758 bits per heavy atom. The van der Waals surface area contributed by atoms with Gasteiger partial charge in [-0.3, -0.25) is 19.3 Å². The van der Waals surface area contributed by atoms with Gasteiger partial charge in [-0.1, -0.05) is 97.5 Å². The van der Waals surface area contributed by atoms with E-state index < -0.39 is 53.0 Å². The number of hydrogen-bond acceptors (Lipinski definition) is 10. The van der Waals surface area contributed by atoms with Crippen molar-refractivity contribution < 1.29 is 29.3 Å². The van der Waals surface area contributed by atoms with E-state index in [0.29, 0.717) is 67.3 Å². The van der Waals surface area contributed by atoms with Crippen LogP contribution in [0.1, 0.15) is 84.5 Å². The van der Waals surface area contributed by atoms with Gasteiger partial charge >= 0.3 is 5.97 Å². The Hall–Kier alpha value is -6.55. The summed E-state index contributed by atoms with van der Waals surface area (Å²) in [6.07, 6.45) is 7.63. The number of cyclic esters (lactones) is 1. The van der Waals surface area contributed by atoms with Gasteiger partial charge in [0.05, 0.1) is 18.0 Å². The maximum atomic E-state index is 15.8. The molecule has 12 nitrogen and oxygen atoms in total. The number of hydrogen-bond donors (Lipinski definition) is 3. The maximum Gasteiger partial charge on any atom is 0.324 e. The summed E-state index contributed by atoms with van der Waals surface area (Å²) in [5, 5.41) is 25.4. The standard InChI is InChI=1S/C50H48N6O6/c57-37-19-17-36(18-20-37)44-50(38-32-33(16-21-39(38)53-47(50)60)22-25-49(61)23-9-1-2-10-24-49)40(45(58)54-28-30-55(31-29-54)48-51-26-11-27-52-48)42-46(59)62-43(35-14-7-4-8-15-35)41(56(42)44)34-12-5-3-6-13-34/h3-8,11-21,26-27,32,40-44,57,61H,1-2,9-10,23-24,28-31H2,(H,53,60)/t40-,41-,42-,43+,44+,50-/m1/s1. The van der Waals surface area contributed by atoms with Crippen LogP contribution in [0.25, 0.3) is 0 Å². The molecule has 62 heavy (non-hydrogen) atoms. The van der Waals surface area contributed by atoms with Crippen LogP contribution in [-0.2, 0) is 24.5 Å². The van der Waals surface area contributed by atoms with Crippen molar-refractivity contribution in [2.24, 2.45) is 5.92 Å². The zero-order valence-corrected chi connectivity index (χ0v) is 34.3. The number of carbonyl (C=O) groups excluding carboxylic acids is 3. The molecule has 5 aromatic rings. The molecule has 6 atom stereocenters.